The lowest BCUT2D eigenvalue weighted by molar-refractivity contribution is 0.000361. The van der Waals surface area contributed by atoms with Gasteiger partial charge in [0.2, 0.25) is 0 Å². The summed E-state index contributed by atoms with van der Waals surface area (Å²) in [7, 11) is 0. The number of rotatable bonds is 4. The highest BCUT2D eigenvalue weighted by Gasteiger charge is 2.30. The maximum atomic E-state index is 12.2. The summed E-state index contributed by atoms with van der Waals surface area (Å²) in [5, 5.41) is 0. The van der Waals surface area contributed by atoms with Crippen LogP contribution >= 0.6 is 15.9 Å². The van der Waals surface area contributed by atoms with E-state index in [1.54, 1.807) is 0 Å². The summed E-state index contributed by atoms with van der Waals surface area (Å²) in [5.74, 6) is 0.866. The minimum atomic E-state index is -0.453. The lowest BCUT2D eigenvalue weighted by Gasteiger charge is -2.40. The molecule has 134 valence electrons. The van der Waals surface area contributed by atoms with E-state index in [1.165, 1.54) is 0 Å². The molecule has 1 aromatic carbocycles. The Balaban J connectivity index is 1.75. The molecule has 1 fully saturated rings. The first-order chi connectivity index (χ1) is 11.2. The van der Waals surface area contributed by atoms with Gasteiger partial charge in [0.15, 0.2) is 0 Å². The van der Waals surface area contributed by atoms with Crippen molar-refractivity contribution in [2.75, 3.05) is 32.8 Å². The molecule has 0 saturated carbocycles. The van der Waals surface area contributed by atoms with Crippen LogP contribution in [-0.4, -0.2) is 60.3 Å². The minimum Gasteiger partial charge on any atom is -0.492 e. The van der Waals surface area contributed by atoms with Crippen LogP contribution in [0.5, 0.6) is 5.75 Å². The van der Waals surface area contributed by atoms with Gasteiger partial charge in [-0.05, 0) is 45.9 Å². The van der Waals surface area contributed by atoms with Gasteiger partial charge in [0.25, 0.3) is 0 Å². The predicted molar refractivity (Wildman–Crippen MR) is 98.5 cm³/mol. The van der Waals surface area contributed by atoms with Crippen molar-refractivity contribution in [1.29, 1.82) is 0 Å². The van der Waals surface area contributed by atoms with E-state index in [0.717, 1.165) is 29.9 Å². The maximum absolute atomic E-state index is 12.2. The van der Waals surface area contributed by atoms with E-state index in [2.05, 4.69) is 27.8 Å². The average molecular weight is 399 g/mol. The lowest BCUT2D eigenvalue weighted by atomic mass is 10.2. The highest BCUT2D eigenvalue weighted by Crippen LogP contribution is 2.18. The van der Waals surface area contributed by atoms with E-state index in [0.29, 0.717) is 13.2 Å². The average Bonchev–Trinajstić information content (AvgIpc) is 2.45. The molecule has 0 spiro atoms. The van der Waals surface area contributed by atoms with Gasteiger partial charge in [0.05, 0.1) is 0 Å². The fourth-order valence-corrected chi connectivity index (χ4v) is 3.06. The number of hydrogen-bond acceptors (Lipinski definition) is 4. The number of amides is 1. The van der Waals surface area contributed by atoms with Crippen LogP contribution < -0.4 is 4.74 Å². The van der Waals surface area contributed by atoms with Crippen molar-refractivity contribution in [3.63, 3.8) is 0 Å². The zero-order valence-electron chi connectivity index (χ0n) is 14.9. The minimum absolute atomic E-state index is 0.138. The molecular formula is C18H27BrN2O3. The Morgan fingerprint density at radius 2 is 2.08 bits per heavy atom. The normalized spacial score (nSPS) is 19.2. The van der Waals surface area contributed by atoms with E-state index in [4.69, 9.17) is 9.47 Å². The molecule has 5 nitrogen and oxygen atoms in total. The van der Waals surface area contributed by atoms with Crippen molar-refractivity contribution < 1.29 is 14.3 Å². The highest BCUT2D eigenvalue weighted by molar-refractivity contribution is 9.10. The summed E-state index contributed by atoms with van der Waals surface area (Å²) in [6.45, 7) is 11.6. The second-order valence-corrected chi connectivity index (χ2v) is 8.04. The number of hydrogen-bond donors (Lipinski definition) is 0. The molecule has 1 aromatic rings. The van der Waals surface area contributed by atoms with Crippen LogP contribution in [-0.2, 0) is 4.74 Å². The SMILES string of the molecule is CC1CN(CCOc2cccc(Br)c2)CCN1C(=O)OC(C)(C)C. The fourth-order valence-electron chi connectivity index (χ4n) is 2.68. The van der Waals surface area contributed by atoms with Crippen LogP contribution in [0, 0.1) is 0 Å². The van der Waals surface area contributed by atoms with E-state index in [-0.39, 0.29) is 12.1 Å². The van der Waals surface area contributed by atoms with Gasteiger partial charge in [-0.3, -0.25) is 4.90 Å². The van der Waals surface area contributed by atoms with Crippen molar-refractivity contribution in [1.82, 2.24) is 9.80 Å². The Bertz CT molecular complexity index is 559. The number of halogens is 1. The molecule has 0 aliphatic carbocycles. The summed E-state index contributed by atoms with van der Waals surface area (Å²) in [6.07, 6.45) is -0.222. The van der Waals surface area contributed by atoms with Gasteiger partial charge in [0, 0.05) is 36.7 Å². The molecule has 1 heterocycles. The third-order valence-electron chi connectivity index (χ3n) is 3.81. The molecule has 1 amide bonds. The standard InChI is InChI=1S/C18H27BrN2O3/c1-14-13-20(8-9-21(14)17(22)24-18(2,3)4)10-11-23-16-7-5-6-15(19)12-16/h5-7,12,14H,8-11,13H2,1-4H3. The first kappa shape index (κ1) is 19.1. The zero-order valence-corrected chi connectivity index (χ0v) is 16.5. The molecule has 24 heavy (non-hydrogen) atoms. The summed E-state index contributed by atoms with van der Waals surface area (Å²) < 4.78 is 12.3. The Kier molecular flexibility index (Phi) is 6.52. The summed E-state index contributed by atoms with van der Waals surface area (Å²) in [5.41, 5.74) is -0.453. The third-order valence-corrected chi connectivity index (χ3v) is 4.31. The Labute approximate surface area is 153 Å². The summed E-state index contributed by atoms with van der Waals surface area (Å²) >= 11 is 3.44. The Hall–Kier alpha value is -1.27. The smallest absolute Gasteiger partial charge is 0.410 e. The van der Waals surface area contributed by atoms with Crippen LogP contribution in [0.1, 0.15) is 27.7 Å². The van der Waals surface area contributed by atoms with Crippen LogP contribution in [0.4, 0.5) is 4.79 Å². The van der Waals surface area contributed by atoms with Crippen molar-refractivity contribution in [2.45, 2.75) is 39.3 Å². The molecule has 2 rings (SSSR count). The van der Waals surface area contributed by atoms with Crippen molar-refractivity contribution in [2.24, 2.45) is 0 Å². The van der Waals surface area contributed by atoms with Crippen LogP contribution in [0.3, 0.4) is 0 Å². The lowest BCUT2D eigenvalue weighted by Crippen LogP contribution is -2.55. The van der Waals surface area contributed by atoms with E-state index in [9.17, 15) is 4.79 Å². The first-order valence-corrected chi connectivity index (χ1v) is 9.14. The van der Waals surface area contributed by atoms with Gasteiger partial charge in [0.1, 0.15) is 18.0 Å². The van der Waals surface area contributed by atoms with E-state index >= 15 is 0 Å². The van der Waals surface area contributed by atoms with Gasteiger partial charge >= 0.3 is 6.09 Å². The number of benzene rings is 1. The van der Waals surface area contributed by atoms with Crippen molar-refractivity contribution in [3.05, 3.63) is 28.7 Å². The molecule has 1 aliphatic heterocycles. The Morgan fingerprint density at radius 1 is 1.33 bits per heavy atom. The summed E-state index contributed by atoms with van der Waals surface area (Å²) in [6, 6.07) is 7.99. The highest BCUT2D eigenvalue weighted by atomic mass is 79.9. The number of carbonyl (C=O) groups is 1. The molecule has 1 saturated heterocycles. The topological polar surface area (TPSA) is 42.0 Å². The number of ether oxygens (including phenoxy) is 2. The molecule has 0 aromatic heterocycles. The monoisotopic (exact) mass is 398 g/mol. The molecule has 6 heteroatoms. The molecule has 1 atom stereocenters. The molecule has 0 bridgehead atoms. The maximum Gasteiger partial charge on any atom is 0.410 e. The second-order valence-electron chi connectivity index (χ2n) is 7.13. The molecule has 0 radical (unpaired) electrons. The fraction of sp³-hybridized carbons (Fsp3) is 0.611. The van der Waals surface area contributed by atoms with E-state index in [1.807, 2.05) is 49.9 Å². The number of carbonyl (C=O) groups excluding carboxylic acids is 1. The van der Waals surface area contributed by atoms with Gasteiger partial charge in [-0.15, -0.1) is 0 Å². The van der Waals surface area contributed by atoms with Gasteiger partial charge in [-0.25, -0.2) is 4.79 Å². The zero-order chi connectivity index (χ0) is 17.7. The van der Waals surface area contributed by atoms with Gasteiger partial charge in [-0.1, -0.05) is 22.0 Å². The van der Waals surface area contributed by atoms with Crippen LogP contribution in [0.2, 0.25) is 0 Å². The summed E-state index contributed by atoms with van der Waals surface area (Å²) in [4.78, 5) is 16.4. The predicted octanol–water partition coefficient (Wildman–Crippen LogP) is 3.77. The second kappa shape index (κ2) is 8.21. The number of piperazine rings is 1. The van der Waals surface area contributed by atoms with E-state index < -0.39 is 5.60 Å². The molecule has 0 N–H and O–H groups in total. The molecule has 1 unspecified atom stereocenters. The largest absolute Gasteiger partial charge is 0.492 e. The molecule has 1 aliphatic rings. The van der Waals surface area contributed by atoms with Gasteiger partial charge in [-0.2, -0.15) is 0 Å². The quantitative estimate of drug-likeness (QED) is 0.773. The van der Waals surface area contributed by atoms with Crippen molar-refractivity contribution >= 4 is 22.0 Å². The number of nitrogens with zero attached hydrogens (tertiary/aromatic N) is 2. The first-order valence-electron chi connectivity index (χ1n) is 8.35. The van der Waals surface area contributed by atoms with Gasteiger partial charge < -0.3 is 14.4 Å². The van der Waals surface area contributed by atoms with Crippen LogP contribution in [0.25, 0.3) is 0 Å². The third kappa shape index (κ3) is 5.98. The van der Waals surface area contributed by atoms with Crippen molar-refractivity contribution in [3.8, 4) is 5.75 Å². The Morgan fingerprint density at radius 3 is 2.71 bits per heavy atom. The van der Waals surface area contributed by atoms with Crippen LogP contribution in [0.15, 0.2) is 28.7 Å². The molecular weight excluding hydrogens is 372 g/mol.